The lowest BCUT2D eigenvalue weighted by molar-refractivity contribution is 0.174. The monoisotopic (exact) mass is 349 g/mol. The van der Waals surface area contributed by atoms with E-state index in [2.05, 4.69) is 36.2 Å². The van der Waals surface area contributed by atoms with E-state index in [4.69, 9.17) is 18.9 Å². The van der Waals surface area contributed by atoms with E-state index in [0.717, 1.165) is 51.4 Å². The average Bonchev–Trinajstić information content (AvgIpc) is 3.12. The third kappa shape index (κ3) is 1.97. The molecule has 0 saturated heterocycles. The maximum atomic E-state index is 5.72. The third-order valence-corrected chi connectivity index (χ3v) is 5.18. The Balaban J connectivity index is 1.84. The van der Waals surface area contributed by atoms with E-state index >= 15 is 0 Å². The molecule has 3 aromatic rings. The lowest BCUT2D eigenvalue weighted by Gasteiger charge is -2.32. The fourth-order valence-corrected chi connectivity index (χ4v) is 4.04. The van der Waals surface area contributed by atoms with Gasteiger partial charge in [0.15, 0.2) is 23.0 Å². The second kappa shape index (κ2) is 5.46. The first-order valence-electron chi connectivity index (χ1n) is 8.53. The Morgan fingerprint density at radius 1 is 0.962 bits per heavy atom. The van der Waals surface area contributed by atoms with Crippen LogP contribution in [0.15, 0.2) is 36.4 Å². The Morgan fingerprint density at radius 3 is 2.54 bits per heavy atom. The summed E-state index contributed by atoms with van der Waals surface area (Å²) in [5.41, 5.74) is 4.62. The van der Waals surface area contributed by atoms with Gasteiger partial charge in [0.2, 0.25) is 6.79 Å². The van der Waals surface area contributed by atoms with Crippen molar-refractivity contribution in [3.8, 4) is 34.1 Å². The number of hydrogen-bond acceptors (Lipinski definition) is 5. The maximum Gasteiger partial charge on any atom is 0.231 e. The molecule has 3 aromatic carbocycles. The highest BCUT2D eigenvalue weighted by atomic mass is 16.7. The van der Waals surface area contributed by atoms with Crippen molar-refractivity contribution >= 4 is 16.5 Å². The second-order valence-electron chi connectivity index (χ2n) is 6.58. The van der Waals surface area contributed by atoms with Gasteiger partial charge in [-0.3, -0.25) is 0 Å². The van der Waals surface area contributed by atoms with E-state index in [1.54, 1.807) is 14.2 Å². The van der Waals surface area contributed by atoms with Crippen molar-refractivity contribution in [2.75, 3.05) is 33.0 Å². The first-order chi connectivity index (χ1) is 12.7. The normalized spacial score (nSPS) is 14.2. The zero-order chi connectivity index (χ0) is 17.8. The summed E-state index contributed by atoms with van der Waals surface area (Å²) in [7, 11) is 5.47. The van der Waals surface area contributed by atoms with E-state index in [0.29, 0.717) is 0 Å². The number of nitrogens with zero attached hydrogens (tertiary/aromatic N) is 1. The van der Waals surface area contributed by atoms with Crippen molar-refractivity contribution in [2.45, 2.75) is 6.54 Å². The van der Waals surface area contributed by atoms with Crippen molar-refractivity contribution in [2.24, 2.45) is 0 Å². The van der Waals surface area contributed by atoms with Crippen molar-refractivity contribution in [1.29, 1.82) is 0 Å². The zero-order valence-electron chi connectivity index (χ0n) is 15.0. The second-order valence-corrected chi connectivity index (χ2v) is 6.58. The number of rotatable bonds is 2. The van der Waals surface area contributed by atoms with Crippen molar-refractivity contribution in [1.82, 2.24) is 0 Å². The summed E-state index contributed by atoms with van der Waals surface area (Å²) in [6.07, 6.45) is 0. The average molecular weight is 349 g/mol. The molecule has 2 aliphatic rings. The number of hydrogen-bond donors (Lipinski definition) is 0. The van der Waals surface area contributed by atoms with Crippen LogP contribution in [0, 0.1) is 0 Å². The molecule has 5 rings (SSSR count). The lowest BCUT2D eigenvalue weighted by atomic mass is 9.89. The van der Waals surface area contributed by atoms with Crippen LogP contribution in [0.2, 0.25) is 0 Å². The van der Waals surface area contributed by atoms with Gasteiger partial charge >= 0.3 is 0 Å². The van der Waals surface area contributed by atoms with Crippen LogP contribution in [-0.4, -0.2) is 28.1 Å². The Morgan fingerprint density at radius 2 is 1.77 bits per heavy atom. The third-order valence-electron chi connectivity index (χ3n) is 5.18. The van der Waals surface area contributed by atoms with E-state index in [-0.39, 0.29) is 6.79 Å². The van der Waals surface area contributed by atoms with E-state index in [1.807, 2.05) is 12.1 Å². The van der Waals surface area contributed by atoms with E-state index < -0.39 is 0 Å². The fourth-order valence-electron chi connectivity index (χ4n) is 4.04. The van der Waals surface area contributed by atoms with Crippen LogP contribution < -0.4 is 23.8 Å². The summed E-state index contributed by atoms with van der Waals surface area (Å²) in [5, 5.41) is 2.27. The number of anilines is 1. The molecule has 0 aromatic heterocycles. The van der Waals surface area contributed by atoms with Crippen LogP contribution >= 0.6 is 0 Å². The van der Waals surface area contributed by atoms with Crippen molar-refractivity contribution in [3.05, 3.63) is 42.0 Å². The highest BCUT2D eigenvalue weighted by Crippen LogP contribution is 2.51. The Labute approximate surface area is 151 Å². The largest absolute Gasteiger partial charge is 0.493 e. The molecule has 0 spiro atoms. The minimum Gasteiger partial charge on any atom is -0.493 e. The molecule has 5 heteroatoms. The van der Waals surface area contributed by atoms with Gasteiger partial charge in [0.25, 0.3) is 0 Å². The summed E-state index contributed by atoms with van der Waals surface area (Å²) < 4.78 is 22.4. The standard InChI is InChI=1S/C21H19NO4/c1-22-10-13-5-7-16(23-2)21(24-3)19(13)14-6-4-12-8-17-18(26-11-25-17)9-15(12)20(14)22/h4-9H,10-11H2,1-3H3. The number of fused-ring (bicyclic) bond motifs is 6. The first kappa shape index (κ1) is 15.2. The molecule has 0 bridgehead atoms. The molecule has 132 valence electrons. The predicted octanol–water partition coefficient (Wildman–Crippen LogP) is 4.20. The van der Waals surface area contributed by atoms with Gasteiger partial charge in [-0.15, -0.1) is 0 Å². The van der Waals surface area contributed by atoms with Crippen LogP contribution in [0.1, 0.15) is 5.56 Å². The fraction of sp³-hybridized carbons (Fsp3) is 0.238. The number of ether oxygens (including phenoxy) is 4. The van der Waals surface area contributed by atoms with Gasteiger partial charge in [0.05, 0.1) is 19.9 Å². The van der Waals surface area contributed by atoms with E-state index in [1.165, 1.54) is 11.3 Å². The Bertz CT molecular complexity index is 1040. The minimum atomic E-state index is 0.275. The quantitative estimate of drug-likeness (QED) is 0.693. The summed E-state index contributed by atoms with van der Waals surface area (Å²) in [5.74, 6) is 3.12. The smallest absolute Gasteiger partial charge is 0.231 e. The van der Waals surface area contributed by atoms with Crippen LogP contribution in [0.4, 0.5) is 5.69 Å². The van der Waals surface area contributed by atoms with Crippen LogP contribution in [-0.2, 0) is 6.54 Å². The first-order valence-corrected chi connectivity index (χ1v) is 8.53. The molecule has 2 aliphatic heterocycles. The topological polar surface area (TPSA) is 40.2 Å². The summed E-state index contributed by atoms with van der Waals surface area (Å²) in [6.45, 7) is 1.08. The molecule has 5 nitrogen and oxygen atoms in total. The molecule has 0 radical (unpaired) electrons. The van der Waals surface area contributed by atoms with Gasteiger partial charge in [-0.05, 0) is 29.1 Å². The zero-order valence-corrected chi connectivity index (χ0v) is 15.0. The van der Waals surface area contributed by atoms with Gasteiger partial charge in [0.1, 0.15) is 0 Å². The maximum absolute atomic E-state index is 5.72. The summed E-state index contributed by atoms with van der Waals surface area (Å²) in [4.78, 5) is 2.27. The Kier molecular flexibility index (Phi) is 3.19. The summed E-state index contributed by atoms with van der Waals surface area (Å²) >= 11 is 0. The lowest BCUT2D eigenvalue weighted by Crippen LogP contribution is -2.22. The van der Waals surface area contributed by atoms with Crippen molar-refractivity contribution < 1.29 is 18.9 Å². The highest BCUT2D eigenvalue weighted by molar-refractivity contribution is 6.06. The summed E-state index contributed by atoms with van der Waals surface area (Å²) in [6, 6.07) is 12.5. The number of methoxy groups -OCH3 is 2. The molecule has 0 unspecified atom stereocenters. The molecule has 0 amide bonds. The molecular weight excluding hydrogens is 330 g/mol. The minimum absolute atomic E-state index is 0.275. The molecule has 0 N–H and O–H groups in total. The van der Waals surface area contributed by atoms with Crippen LogP contribution in [0.5, 0.6) is 23.0 Å². The van der Waals surface area contributed by atoms with E-state index in [9.17, 15) is 0 Å². The number of benzene rings is 3. The van der Waals surface area contributed by atoms with Gasteiger partial charge in [0, 0.05) is 30.1 Å². The molecule has 0 aliphatic carbocycles. The highest BCUT2D eigenvalue weighted by Gasteiger charge is 2.28. The molecule has 2 heterocycles. The van der Waals surface area contributed by atoms with Gasteiger partial charge in [-0.2, -0.15) is 0 Å². The molecular formula is C21H19NO4. The molecule has 0 saturated carbocycles. The Hall–Kier alpha value is -3.08. The molecule has 0 atom stereocenters. The van der Waals surface area contributed by atoms with Gasteiger partial charge in [-0.1, -0.05) is 18.2 Å². The van der Waals surface area contributed by atoms with Crippen LogP contribution in [0.25, 0.3) is 21.9 Å². The van der Waals surface area contributed by atoms with Gasteiger partial charge < -0.3 is 23.8 Å². The predicted molar refractivity (Wildman–Crippen MR) is 101 cm³/mol. The van der Waals surface area contributed by atoms with Gasteiger partial charge in [-0.25, -0.2) is 0 Å². The van der Waals surface area contributed by atoms with Crippen LogP contribution in [0.3, 0.4) is 0 Å². The SMILES string of the molecule is COc1ccc2c(c1OC)-c1ccc3cc4c(cc3c1N(C)C2)OCO4. The molecule has 0 fully saturated rings. The van der Waals surface area contributed by atoms with Crippen molar-refractivity contribution in [3.63, 3.8) is 0 Å². The molecule has 26 heavy (non-hydrogen) atoms.